The molecule has 0 unspecified atom stereocenters. The summed E-state index contributed by atoms with van der Waals surface area (Å²) in [4.78, 5) is 0.331. The molecule has 118 valence electrons. The number of nitrogens with zero attached hydrogens (tertiary/aromatic N) is 1. The van der Waals surface area contributed by atoms with Crippen LogP contribution in [0, 0.1) is 6.92 Å². The first-order valence-corrected chi connectivity index (χ1v) is 9.17. The maximum Gasteiger partial charge on any atom is 0.243 e. The fourth-order valence-corrected chi connectivity index (χ4v) is 4.36. The van der Waals surface area contributed by atoms with Gasteiger partial charge in [0, 0.05) is 24.7 Å². The summed E-state index contributed by atoms with van der Waals surface area (Å²) in [5.41, 5.74) is 1.73. The average Bonchev–Trinajstić information content (AvgIpc) is 3.25. The van der Waals surface area contributed by atoms with E-state index in [4.69, 9.17) is 11.6 Å². The Hall–Kier alpha value is -0.620. The first-order chi connectivity index (χ1) is 9.87. The van der Waals surface area contributed by atoms with Crippen molar-refractivity contribution >= 4 is 21.6 Å². The van der Waals surface area contributed by atoms with E-state index in [-0.39, 0.29) is 6.04 Å². The Balaban J connectivity index is 2.34. The second-order valence-electron chi connectivity index (χ2n) is 5.62. The minimum atomic E-state index is -3.46. The van der Waals surface area contributed by atoms with Crippen molar-refractivity contribution in [3.8, 4) is 0 Å². The fraction of sp³-hybridized carbons (Fsp3) is 0.600. The van der Waals surface area contributed by atoms with Crippen molar-refractivity contribution < 1.29 is 8.42 Å². The molecular weight excluding hydrogens is 308 g/mol. The van der Waals surface area contributed by atoms with Crippen LogP contribution in [0.15, 0.2) is 17.0 Å². The fourth-order valence-electron chi connectivity index (χ4n) is 2.35. The number of sulfonamides is 1. The molecule has 0 heterocycles. The van der Waals surface area contributed by atoms with E-state index < -0.39 is 10.0 Å². The van der Waals surface area contributed by atoms with Gasteiger partial charge < -0.3 is 5.32 Å². The summed E-state index contributed by atoms with van der Waals surface area (Å²) in [5, 5.41) is 3.76. The minimum absolute atomic E-state index is 0.148. The number of hydrogen-bond donors (Lipinski definition) is 1. The van der Waals surface area contributed by atoms with Crippen LogP contribution in [0.3, 0.4) is 0 Å². The third-order valence-electron chi connectivity index (χ3n) is 3.89. The zero-order valence-electron chi connectivity index (χ0n) is 12.8. The highest BCUT2D eigenvalue weighted by Gasteiger charge is 2.36. The van der Waals surface area contributed by atoms with Crippen LogP contribution in [0.4, 0.5) is 0 Å². The van der Waals surface area contributed by atoms with E-state index in [0.717, 1.165) is 36.9 Å². The van der Waals surface area contributed by atoms with Crippen molar-refractivity contribution in [3.05, 3.63) is 28.3 Å². The minimum Gasteiger partial charge on any atom is -0.313 e. The highest BCUT2D eigenvalue weighted by molar-refractivity contribution is 7.89. The topological polar surface area (TPSA) is 49.4 Å². The lowest BCUT2D eigenvalue weighted by molar-refractivity contribution is 0.463. The molecule has 21 heavy (non-hydrogen) atoms. The predicted octanol–water partition coefficient (Wildman–Crippen LogP) is 2.93. The molecule has 1 N–H and O–H groups in total. The normalized spacial score (nSPS) is 15.7. The summed E-state index contributed by atoms with van der Waals surface area (Å²) in [5.74, 6) is 0. The molecule has 1 aromatic rings. The van der Waals surface area contributed by atoms with Gasteiger partial charge in [-0.15, -0.1) is 0 Å². The zero-order valence-corrected chi connectivity index (χ0v) is 14.4. The first-order valence-electron chi connectivity index (χ1n) is 7.35. The van der Waals surface area contributed by atoms with E-state index in [9.17, 15) is 8.42 Å². The summed E-state index contributed by atoms with van der Waals surface area (Å²) in [6.45, 7) is 5.48. The Morgan fingerprint density at radius 1 is 1.38 bits per heavy atom. The Kier molecular flexibility index (Phi) is 5.30. The van der Waals surface area contributed by atoms with Crippen LogP contribution >= 0.6 is 11.6 Å². The van der Waals surface area contributed by atoms with Gasteiger partial charge in [-0.2, -0.15) is 4.31 Å². The zero-order chi connectivity index (χ0) is 15.6. The van der Waals surface area contributed by atoms with Gasteiger partial charge in [0.1, 0.15) is 0 Å². The average molecular weight is 331 g/mol. The van der Waals surface area contributed by atoms with E-state index in [0.29, 0.717) is 16.5 Å². The number of halogens is 1. The van der Waals surface area contributed by atoms with E-state index in [1.807, 2.05) is 13.0 Å². The molecule has 0 radical (unpaired) electrons. The number of nitrogens with one attached hydrogen (secondary N) is 1. The number of rotatable bonds is 7. The molecule has 0 aromatic heterocycles. The van der Waals surface area contributed by atoms with Crippen LogP contribution in [-0.4, -0.2) is 32.4 Å². The van der Waals surface area contributed by atoms with Crippen molar-refractivity contribution in [1.82, 2.24) is 9.62 Å². The van der Waals surface area contributed by atoms with Crippen molar-refractivity contribution in [2.45, 2.75) is 50.6 Å². The van der Waals surface area contributed by atoms with Crippen LogP contribution in [0.2, 0.25) is 5.02 Å². The molecule has 6 heteroatoms. The molecule has 4 nitrogen and oxygen atoms in total. The van der Waals surface area contributed by atoms with Gasteiger partial charge in [-0.05, 0) is 56.0 Å². The summed E-state index contributed by atoms with van der Waals surface area (Å²) in [6.07, 6.45) is 2.93. The maximum atomic E-state index is 12.7. The van der Waals surface area contributed by atoms with Crippen LogP contribution in [0.5, 0.6) is 0 Å². The lowest BCUT2D eigenvalue weighted by atomic mass is 10.1. The molecule has 0 spiro atoms. The van der Waals surface area contributed by atoms with Gasteiger partial charge in [-0.25, -0.2) is 8.42 Å². The van der Waals surface area contributed by atoms with E-state index in [2.05, 4.69) is 12.2 Å². The summed E-state index contributed by atoms with van der Waals surface area (Å²) in [7, 11) is -1.81. The molecule has 1 fully saturated rings. The van der Waals surface area contributed by atoms with Crippen LogP contribution in [0.25, 0.3) is 0 Å². The maximum absolute atomic E-state index is 12.7. The third kappa shape index (κ3) is 3.77. The van der Waals surface area contributed by atoms with Gasteiger partial charge >= 0.3 is 0 Å². The quantitative estimate of drug-likeness (QED) is 0.782. The standard InChI is InChI=1S/C15H23ClN2O2S/c1-4-7-17-10-12-8-13(16)9-15(11(12)2)21(19,20)18(3)14-5-6-14/h8-9,14,17H,4-7,10H2,1-3H3. The molecule has 1 aromatic carbocycles. The largest absolute Gasteiger partial charge is 0.313 e. The van der Waals surface area contributed by atoms with Gasteiger partial charge in [0.25, 0.3) is 0 Å². The number of hydrogen-bond acceptors (Lipinski definition) is 3. The summed E-state index contributed by atoms with van der Waals surface area (Å²) >= 11 is 6.13. The highest BCUT2D eigenvalue weighted by atomic mass is 35.5. The molecule has 0 aliphatic heterocycles. The Bertz CT molecular complexity index is 612. The highest BCUT2D eigenvalue weighted by Crippen LogP contribution is 2.33. The van der Waals surface area contributed by atoms with E-state index in [1.54, 1.807) is 13.1 Å². The molecule has 0 bridgehead atoms. The molecule has 1 aliphatic carbocycles. The van der Waals surface area contributed by atoms with Gasteiger partial charge in [0.2, 0.25) is 10.0 Å². The van der Waals surface area contributed by atoms with E-state index in [1.165, 1.54) is 4.31 Å². The second-order valence-corrected chi connectivity index (χ2v) is 8.02. The monoisotopic (exact) mass is 330 g/mol. The van der Waals surface area contributed by atoms with Gasteiger partial charge in [0.15, 0.2) is 0 Å². The van der Waals surface area contributed by atoms with Crippen molar-refractivity contribution in [3.63, 3.8) is 0 Å². The lowest BCUT2D eigenvalue weighted by Crippen LogP contribution is -2.30. The Morgan fingerprint density at radius 2 is 2.05 bits per heavy atom. The van der Waals surface area contributed by atoms with Crippen LogP contribution in [-0.2, 0) is 16.6 Å². The Labute approximate surface area is 132 Å². The SMILES string of the molecule is CCCNCc1cc(Cl)cc(S(=O)(=O)N(C)C2CC2)c1C. The smallest absolute Gasteiger partial charge is 0.243 e. The van der Waals surface area contributed by atoms with Crippen molar-refractivity contribution in [1.29, 1.82) is 0 Å². The summed E-state index contributed by atoms with van der Waals surface area (Å²) < 4.78 is 26.9. The molecule has 2 rings (SSSR count). The molecule has 0 saturated heterocycles. The molecular formula is C15H23ClN2O2S. The molecule has 1 saturated carbocycles. The van der Waals surface area contributed by atoms with E-state index >= 15 is 0 Å². The van der Waals surface area contributed by atoms with Crippen molar-refractivity contribution in [2.75, 3.05) is 13.6 Å². The number of benzene rings is 1. The van der Waals surface area contributed by atoms with Gasteiger partial charge in [-0.1, -0.05) is 18.5 Å². The van der Waals surface area contributed by atoms with Crippen LogP contribution in [0.1, 0.15) is 37.3 Å². The third-order valence-corrected chi connectivity index (χ3v) is 6.15. The van der Waals surface area contributed by atoms with Gasteiger partial charge in [0.05, 0.1) is 4.90 Å². The first kappa shape index (κ1) is 16.7. The predicted molar refractivity (Wildman–Crippen MR) is 86.2 cm³/mol. The van der Waals surface area contributed by atoms with Gasteiger partial charge in [-0.3, -0.25) is 0 Å². The summed E-state index contributed by atoms with van der Waals surface area (Å²) in [6, 6.07) is 3.56. The molecule has 0 amide bonds. The Morgan fingerprint density at radius 3 is 2.62 bits per heavy atom. The van der Waals surface area contributed by atoms with Crippen molar-refractivity contribution in [2.24, 2.45) is 0 Å². The second kappa shape index (κ2) is 6.65. The lowest BCUT2D eigenvalue weighted by Gasteiger charge is -2.20. The molecule has 0 atom stereocenters. The van der Waals surface area contributed by atoms with Crippen LogP contribution < -0.4 is 5.32 Å². The molecule has 1 aliphatic rings.